The fourth-order valence-corrected chi connectivity index (χ4v) is 5.99. The molecule has 14 nitrogen and oxygen atoms in total. The van der Waals surface area contributed by atoms with Crippen molar-refractivity contribution in [2.24, 2.45) is 13.0 Å². The standard InChI is InChI=1S/C28H34N6O8S/c1-17-11-34(18(2)14-35)27(36)20-6-5-7-21(31-28(37)30-19-8-9-22-23(10-19)41-16-40-22)26(20)42-24(17)12-33(4)43(38,39)25-13-32(3)15-29-25/h5-10,13,15,17-18,24,35H,11-12,14,16H2,1-4H3,(H2,30,31,37)/t17-,18+,24-/m1/s1. The van der Waals surface area contributed by atoms with Gasteiger partial charge in [0.1, 0.15) is 6.10 Å². The Bertz CT molecular complexity index is 1630. The molecule has 15 heteroatoms. The van der Waals surface area contributed by atoms with Crippen LogP contribution in [0.15, 0.2) is 53.9 Å². The van der Waals surface area contributed by atoms with Crippen LogP contribution in [0.2, 0.25) is 0 Å². The highest BCUT2D eigenvalue weighted by molar-refractivity contribution is 7.89. The Kier molecular flexibility index (Phi) is 8.48. The maximum absolute atomic E-state index is 13.7. The van der Waals surface area contributed by atoms with Gasteiger partial charge in [0.25, 0.3) is 15.9 Å². The number of sulfonamides is 1. The van der Waals surface area contributed by atoms with Gasteiger partial charge >= 0.3 is 6.03 Å². The van der Waals surface area contributed by atoms with Gasteiger partial charge in [0.2, 0.25) is 6.79 Å². The van der Waals surface area contributed by atoms with Crippen LogP contribution in [0.1, 0.15) is 24.2 Å². The molecule has 0 saturated heterocycles. The van der Waals surface area contributed by atoms with E-state index in [9.17, 15) is 23.1 Å². The van der Waals surface area contributed by atoms with Gasteiger partial charge in [0.15, 0.2) is 22.3 Å². The van der Waals surface area contributed by atoms with Crippen LogP contribution < -0.4 is 24.8 Å². The molecule has 2 aliphatic heterocycles. The number of carbonyl (C=O) groups is 2. The van der Waals surface area contributed by atoms with Gasteiger partial charge in [-0.15, -0.1) is 0 Å². The zero-order valence-electron chi connectivity index (χ0n) is 24.2. The number of carbonyl (C=O) groups excluding carboxylic acids is 2. The van der Waals surface area contributed by atoms with Gasteiger partial charge in [-0.2, -0.15) is 4.31 Å². The predicted molar refractivity (Wildman–Crippen MR) is 156 cm³/mol. The van der Waals surface area contributed by atoms with Crippen molar-refractivity contribution < 1.29 is 37.3 Å². The van der Waals surface area contributed by atoms with E-state index in [4.69, 9.17) is 14.2 Å². The lowest BCUT2D eigenvalue weighted by Gasteiger charge is -2.38. The Balaban J connectivity index is 1.45. The molecule has 0 fully saturated rings. The molecule has 0 bridgehead atoms. The van der Waals surface area contributed by atoms with E-state index in [2.05, 4.69) is 15.6 Å². The largest absolute Gasteiger partial charge is 0.486 e. The summed E-state index contributed by atoms with van der Waals surface area (Å²) in [6, 6.07) is 8.59. The summed E-state index contributed by atoms with van der Waals surface area (Å²) in [5, 5.41) is 15.3. The SMILES string of the molecule is C[C@@H]1CN([C@@H](C)CO)C(=O)c2cccc(NC(=O)Nc3ccc4c(c3)OCO4)c2O[C@@H]1CN(C)S(=O)(=O)c1cn(C)cn1. The summed E-state index contributed by atoms with van der Waals surface area (Å²) in [5.41, 5.74) is 0.816. The van der Waals surface area contributed by atoms with E-state index < -0.39 is 34.1 Å². The van der Waals surface area contributed by atoms with Crippen molar-refractivity contribution in [2.45, 2.75) is 31.0 Å². The summed E-state index contributed by atoms with van der Waals surface area (Å²) in [6.07, 6.45) is 2.06. The molecule has 0 saturated carbocycles. The minimum absolute atomic E-state index is 0.0766. The first-order chi connectivity index (χ1) is 20.5. The van der Waals surface area contributed by atoms with E-state index in [-0.39, 0.29) is 54.4 Å². The van der Waals surface area contributed by atoms with Crippen LogP contribution in [-0.4, -0.2) is 89.9 Å². The lowest BCUT2D eigenvalue weighted by atomic mass is 9.99. The number of nitrogens with zero attached hydrogens (tertiary/aromatic N) is 4. The smallest absolute Gasteiger partial charge is 0.323 e. The Morgan fingerprint density at radius 1 is 1.21 bits per heavy atom. The predicted octanol–water partition coefficient (Wildman–Crippen LogP) is 2.33. The molecule has 3 atom stereocenters. The van der Waals surface area contributed by atoms with Crippen molar-refractivity contribution >= 4 is 33.3 Å². The number of amides is 3. The molecule has 230 valence electrons. The van der Waals surface area contributed by atoms with Gasteiger partial charge < -0.3 is 39.4 Å². The normalized spacial score (nSPS) is 18.8. The molecule has 0 radical (unpaired) electrons. The van der Waals surface area contributed by atoms with Gasteiger partial charge in [-0.3, -0.25) is 4.79 Å². The number of likely N-dealkylation sites (N-methyl/N-ethyl adjacent to an activating group) is 1. The molecule has 1 aromatic heterocycles. The van der Waals surface area contributed by atoms with Crippen LogP contribution in [0.25, 0.3) is 0 Å². The number of aliphatic hydroxyl groups is 1. The van der Waals surface area contributed by atoms with Crippen molar-refractivity contribution in [2.75, 3.05) is 44.2 Å². The molecule has 3 N–H and O–H groups in total. The first kappa shape index (κ1) is 30.1. The zero-order valence-corrected chi connectivity index (χ0v) is 25.0. The lowest BCUT2D eigenvalue weighted by Crippen LogP contribution is -2.50. The van der Waals surface area contributed by atoms with E-state index in [0.717, 1.165) is 4.31 Å². The third-order valence-corrected chi connectivity index (χ3v) is 9.07. The Hall–Kier alpha value is -4.34. The quantitative estimate of drug-likeness (QED) is 0.345. The Morgan fingerprint density at radius 2 is 1.98 bits per heavy atom. The maximum Gasteiger partial charge on any atom is 0.323 e. The summed E-state index contributed by atoms with van der Waals surface area (Å²) >= 11 is 0. The monoisotopic (exact) mass is 614 g/mol. The van der Waals surface area contributed by atoms with Crippen LogP contribution in [0.3, 0.4) is 0 Å². The van der Waals surface area contributed by atoms with E-state index in [1.54, 1.807) is 50.4 Å². The van der Waals surface area contributed by atoms with Crippen LogP contribution in [0.4, 0.5) is 16.2 Å². The number of anilines is 2. The molecule has 0 spiro atoms. The van der Waals surface area contributed by atoms with Crippen molar-refractivity contribution in [1.82, 2.24) is 18.8 Å². The van der Waals surface area contributed by atoms with Crippen LogP contribution >= 0.6 is 0 Å². The fourth-order valence-electron chi connectivity index (χ4n) is 4.85. The van der Waals surface area contributed by atoms with Crippen LogP contribution in [-0.2, 0) is 17.1 Å². The third kappa shape index (κ3) is 6.23. The molecule has 2 aromatic carbocycles. The highest BCUT2D eigenvalue weighted by Gasteiger charge is 2.36. The average Bonchev–Trinajstić information content (AvgIpc) is 3.63. The number of rotatable bonds is 8. The Morgan fingerprint density at radius 3 is 2.70 bits per heavy atom. The van der Waals surface area contributed by atoms with Gasteiger partial charge in [-0.1, -0.05) is 13.0 Å². The topological polar surface area (TPSA) is 165 Å². The highest BCUT2D eigenvalue weighted by atomic mass is 32.2. The number of benzene rings is 2. The molecule has 3 amide bonds. The molecular formula is C28H34N6O8S. The second-order valence-electron chi connectivity index (χ2n) is 10.6. The number of nitrogens with one attached hydrogen (secondary N) is 2. The molecule has 5 rings (SSSR count). The molecule has 43 heavy (non-hydrogen) atoms. The fraction of sp³-hybridized carbons (Fsp3) is 0.393. The van der Waals surface area contributed by atoms with E-state index in [0.29, 0.717) is 17.2 Å². The summed E-state index contributed by atoms with van der Waals surface area (Å²) in [4.78, 5) is 32.3. The minimum atomic E-state index is -3.95. The molecular weight excluding hydrogens is 580 g/mol. The third-order valence-electron chi connectivity index (χ3n) is 7.36. The number of aromatic nitrogens is 2. The summed E-state index contributed by atoms with van der Waals surface area (Å²) in [7, 11) is -0.844. The Labute approximate surface area is 249 Å². The number of fused-ring (bicyclic) bond motifs is 2. The summed E-state index contributed by atoms with van der Waals surface area (Å²) < 4.78 is 46.3. The lowest BCUT2D eigenvalue weighted by molar-refractivity contribution is 0.0389. The molecule has 3 heterocycles. The highest BCUT2D eigenvalue weighted by Crippen LogP contribution is 2.36. The minimum Gasteiger partial charge on any atom is -0.486 e. The van der Waals surface area contributed by atoms with Crippen molar-refractivity contribution in [3.63, 3.8) is 0 Å². The van der Waals surface area contributed by atoms with Crippen molar-refractivity contribution in [1.29, 1.82) is 0 Å². The number of hydrogen-bond donors (Lipinski definition) is 3. The number of imidazole rings is 1. The van der Waals surface area contributed by atoms with Crippen molar-refractivity contribution in [3.05, 3.63) is 54.5 Å². The second-order valence-corrected chi connectivity index (χ2v) is 12.6. The number of para-hydroxylation sites is 1. The summed E-state index contributed by atoms with van der Waals surface area (Å²) in [6.45, 7) is 3.50. The average molecular weight is 615 g/mol. The molecule has 2 aliphatic rings. The van der Waals surface area contributed by atoms with Crippen LogP contribution in [0.5, 0.6) is 17.2 Å². The van der Waals surface area contributed by atoms with E-state index in [1.165, 1.54) is 29.0 Å². The molecule has 0 aliphatic carbocycles. The number of aliphatic hydroxyl groups excluding tert-OH is 1. The number of aryl methyl sites for hydroxylation is 1. The molecule has 0 unspecified atom stereocenters. The summed E-state index contributed by atoms with van der Waals surface area (Å²) in [5.74, 6) is 0.387. The maximum atomic E-state index is 13.7. The van der Waals surface area contributed by atoms with Gasteiger partial charge in [-0.05, 0) is 31.2 Å². The van der Waals surface area contributed by atoms with Crippen LogP contribution in [0, 0.1) is 5.92 Å². The first-order valence-corrected chi connectivity index (χ1v) is 15.1. The number of ether oxygens (including phenoxy) is 3. The van der Waals surface area contributed by atoms with E-state index >= 15 is 0 Å². The number of hydrogen-bond acceptors (Lipinski definition) is 9. The van der Waals surface area contributed by atoms with E-state index in [1.807, 2.05) is 6.92 Å². The zero-order chi connectivity index (χ0) is 30.9. The van der Waals surface area contributed by atoms with Gasteiger partial charge in [0.05, 0.1) is 36.8 Å². The number of urea groups is 1. The van der Waals surface area contributed by atoms with Crippen molar-refractivity contribution in [3.8, 4) is 17.2 Å². The van der Waals surface area contributed by atoms with Gasteiger partial charge in [0, 0.05) is 44.5 Å². The first-order valence-electron chi connectivity index (χ1n) is 13.6. The van der Waals surface area contributed by atoms with Gasteiger partial charge in [-0.25, -0.2) is 18.2 Å². The molecule has 3 aromatic rings. The second kappa shape index (κ2) is 12.1.